The fraction of sp³-hybridized carbons (Fsp3) is 0.208. The van der Waals surface area contributed by atoms with Gasteiger partial charge in [-0.05, 0) is 35.7 Å². The van der Waals surface area contributed by atoms with E-state index >= 15 is 0 Å². The molecular formula is C24H20F2N4O2. The normalized spacial score (nSPS) is 15.6. The Hall–Kier alpha value is -3.81. The zero-order chi connectivity index (χ0) is 22.2. The number of hydrogen-bond acceptors (Lipinski definition) is 4. The van der Waals surface area contributed by atoms with Crippen LogP contribution in [0.5, 0.6) is 0 Å². The molecule has 0 N–H and O–H groups in total. The SMILES string of the molecule is CCn1cc(C2CN(C(=O)c3cc(-c4ccc(F)cc4F)on3)Cc3ccccc32)cn1. The van der Waals surface area contributed by atoms with Gasteiger partial charge < -0.3 is 9.42 Å². The Balaban J connectivity index is 1.45. The Morgan fingerprint density at radius 1 is 1.19 bits per heavy atom. The minimum Gasteiger partial charge on any atom is -0.355 e. The van der Waals surface area contributed by atoms with Crippen molar-refractivity contribution in [3.63, 3.8) is 0 Å². The average Bonchev–Trinajstić information content (AvgIpc) is 3.48. The summed E-state index contributed by atoms with van der Waals surface area (Å²) in [5, 5.41) is 8.25. The van der Waals surface area contributed by atoms with Crippen LogP contribution in [-0.4, -0.2) is 32.3 Å². The van der Waals surface area contributed by atoms with Crippen LogP contribution in [0.4, 0.5) is 8.78 Å². The number of rotatable bonds is 4. The zero-order valence-electron chi connectivity index (χ0n) is 17.3. The topological polar surface area (TPSA) is 64.2 Å². The summed E-state index contributed by atoms with van der Waals surface area (Å²) in [7, 11) is 0. The Labute approximate surface area is 183 Å². The smallest absolute Gasteiger partial charge is 0.276 e. The Morgan fingerprint density at radius 2 is 2.03 bits per heavy atom. The highest BCUT2D eigenvalue weighted by atomic mass is 19.1. The summed E-state index contributed by atoms with van der Waals surface area (Å²) < 4.78 is 34.4. The number of amides is 1. The van der Waals surface area contributed by atoms with E-state index in [9.17, 15) is 13.6 Å². The zero-order valence-corrected chi connectivity index (χ0v) is 17.3. The van der Waals surface area contributed by atoms with Crippen LogP contribution in [0.2, 0.25) is 0 Å². The van der Waals surface area contributed by atoms with Gasteiger partial charge in [-0.15, -0.1) is 0 Å². The third-order valence-electron chi connectivity index (χ3n) is 5.79. The first-order valence-electron chi connectivity index (χ1n) is 10.3. The van der Waals surface area contributed by atoms with Gasteiger partial charge in [0.1, 0.15) is 11.6 Å². The van der Waals surface area contributed by atoms with Crippen LogP contribution >= 0.6 is 0 Å². The van der Waals surface area contributed by atoms with Crippen molar-refractivity contribution in [2.24, 2.45) is 0 Å². The molecule has 1 aliphatic rings. The Bertz CT molecular complexity index is 1300. The molecule has 1 atom stereocenters. The first-order valence-corrected chi connectivity index (χ1v) is 10.3. The van der Waals surface area contributed by atoms with Gasteiger partial charge in [0.05, 0.1) is 11.8 Å². The number of fused-ring (bicyclic) bond motifs is 1. The fourth-order valence-corrected chi connectivity index (χ4v) is 4.13. The van der Waals surface area contributed by atoms with E-state index in [1.54, 1.807) is 4.90 Å². The number of aryl methyl sites for hydroxylation is 1. The molecule has 32 heavy (non-hydrogen) atoms. The summed E-state index contributed by atoms with van der Waals surface area (Å²) in [6, 6.07) is 12.6. The van der Waals surface area contributed by atoms with Gasteiger partial charge in [-0.2, -0.15) is 5.10 Å². The lowest BCUT2D eigenvalue weighted by molar-refractivity contribution is 0.0714. The minimum atomic E-state index is -0.778. The molecule has 3 heterocycles. The number of hydrogen-bond donors (Lipinski definition) is 0. The van der Waals surface area contributed by atoms with Crippen LogP contribution in [0.25, 0.3) is 11.3 Å². The maximum atomic E-state index is 14.1. The molecular weight excluding hydrogens is 414 g/mol. The van der Waals surface area contributed by atoms with Crippen LogP contribution in [-0.2, 0) is 13.1 Å². The molecule has 8 heteroatoms. The van der Waals surface area contributed by atoms with E-state index in [2.05, 4.69) is 16.3 Å². The molecule has 1 unspecified atom stereocenters. The molecule has 1 aliphatic heterocycles. The molecule has 0 fully saturated rings. The van der Waals surface area contributed by atoms with Crippen LogP contribution in [0.15, 0.2) is 65.4 Å². The first-order chi connectivity index (χ1) is 15.5. The number of nitrogens with zero attached hydrogens (tertiary/aromatic N) is 4. The quantitative estimate of drug-likeness (QED) is 0.470. The van der Waals surface area contributed by atoms with Gasteiger partial charge >= 0.3 is 0 Å². The van der Waals surface area contributed by atoms with Gasteiger partial charge in [-0.1, -0.05) is 29.4 Å². The van der Waals surface area contributed by atoms with Crippen molar-refractivity contribution in [3.05, 3.63) is 94.9 Å². The predicted molar refractivity (Wildman–Crippen MR) is 113 cm³/mol. The lowest BCUT2D eigenvalue weighted by atomic mass is 9.86. The highest BCUT2D eigenvalue weighted by Gasteiger charge is 2.31. The molecule has 1 amide bonds. The van der Waals surface area contributed by atoms with Crippen molar-refractivity contribution < 1.29 is 18.1 Å². The van der Waals surface area contributed by atoms with Gasteiger partial charge in [0, 0.05) is 43.9 Å². The van der Waals surface area contributed by atoms with Crippen LogP contribution in [0, 0.1) is 11.6 Å². The summed E-state index contributed by atoms with van der Waals surface area (Å²) in [6.45, 7) is 3.67. The van der Waals surface area contributed by atoms with Crippen molar-refractivity contribution in [2.45, 2.75) is 25.9 Å². The van der Waals surface area contributed by atoms with Crippen molar-refractivity contribution in [1.29, 1.82) is 0 Å². The Kier molecular flexibility index (Phi) is 5.05. The molecule has 0 saturated carbocycles. The van der Waals surface area contributed by atoms with Crippen molar-refractivity contribution in [2.75, 3.05) is 6.54 Å². The highest BCUT2D eigenvalue weighted by molar-refractivity contribution is 5.93. The molecule has 5 rings (SSSR count). The Morgan fingerprint density at radius 3 is 2.81 bits per heavy atom. The van der Waals surface area contributed by atoms with Crippen LogP contribution in [0.3, 0.4) is 0 Å². The predicted octanol–water partition coefficient (Wildman–Crippen LogP) is 4.62. The van der Waals surface area contributed by atoms with Crippen LogP contribution in [0.1, 0.15) is 40.0 Å². The van der Waals surface area contributed by atoms with E-state index in [4.69, 9.17) is 4.52 Å². The fourth-order valence-electron chi connectivity index (χ4n) is 4.13. The monoisotopic (exact) mass is 434 g/mol. The lowest BCUT2D eigenvalue weighted by Gasteiger charge is -2.34. The van der Waals surface area contributed by atoms with Gasteiger partial charge in [0.15, 0.2) is 11.5 Å². The average molecular weight is 434 g/mol. The van der Waals surface area contributed by atoms with E-state index in [0.29, 0.717) is 13.1 Å². The number of aromatic nitrogens is 3. The van der Waals surface area contributed by atoms with Crippen LogP contribution < -0.4 is 0 Å². The summed E-state index contributed by atoms with van der Waals surface area (Å²) in [5.74, 6) is -1.73. The minimum absolute atomic E-state index is 0.0230. The number of carbonyl (C=O) groups is 1. The van der Waals surface area contributed by atoms with E-state index < -0.39 is 11.6 Å². The van der Waals surface area contributed by atoms with E-state index in [0.717, 1.165) is 29.8 Å². The van der Waals surface area contributed by atoms with Crippen molar-refractivity contribution in [1.82, 2.24) is 19.8 Å². The number of halogens is 2. The second kappa shape index (κ2) is 8.03. The molecule has 2 aromatic carbocycles. The maximum absolute atomic E-state index is 14.1. The van der Waals surface area contributed by atoms with Gasteiger partial charge in [0.25, 0.3) is 5.91 Å². The largest absolute Gasteiger partial charge is 0.355 e. The molecule has 0 saturated heterocycles. The summed E-state index contributed by atoms with van der Waals surface area (Å²) in [4.78, 5) is 15.0. The second-order valence-electron chi connectivity index (χ2n) is 7.77. The summed E-state index contributed by atoms with van der Waals surface area (Å²) in [6.07, 6.45) is 3.84. The highest BCUT2D eigenvalue weighted by Crippen LogP contribution is 2.34. The van der Waals surface area contributed by atoms with E-state index in [1.165, 1.54) is 17.7 Å². The summed E-state index contributed by atoms with van der Waals surface area (Å²) >= 11 is 0. The maximum Gasteiger partial charge on any atom is 0.276 e. The molecule has 6 nitrogen and oxygen atoms in total. The molecule has 2 aromatic heterocycles. The van der Waals surface area contributed by atoms with Crippen molar-refractivity contribution >= 4 is 5.91 Å². The lowest BCUT2D eigenvalue weighted by Crippen LogP contribution is -2.38. The van der Waals surface area contributed by atoms with Gasteiger partial charge in [0.2, 0.25) is 0 Å². The van der Waals surface area contributed by atoms with Gasteiger partial charge in [-0.25, -0.2) is 8.78 Å². The van der Waals surface area contributed by atoms with E-state index in [1.807, 2.05) is 42.2 Å². The molecule has 0 bridgehead atoms. The standard InChI is InChI=1S/C24H20F2N4O2/c1-2-30-13-16(11-27-30)20-14-29(12-15-5-3-4-6-18(15)20)24(31)22-10-23(32-28-22)19-8-7-17(25)9-21(19)26/h3-11,13,20H,2,12,14H2,1H3. The van der Waals surface area contributed by atoms with Crippen molar-refractivity contribution in [3.8, 4) is 11.3 Å². The van der Waals surface area contributed by atoms with Gasteiger partial charge in [-0.3, -0.25) is 9.48 Å². The molecule has 162 valence electrons. The van der Waals surface area contributed by atoms with E-state index in [-0.39, 0.29) is 28.8 Å². The molecule has 0 radical (unpaired) electrons. The number of benzene rings is 2. The number of carbonyl (C=O) groups excluding carboxylic acids is 1. The first kappa shape index (κ1) is 20.1. The molecule has 4 aromatic rings. The third kappa shape index (κ3) is 3.57. The molecule has 0 aliphatic carbocycles. The summed E-state index contributed by atoms with van der Waals surface area (Å²) in [5.41, 5.74) is 3.38. The third-order valence-corrected chi connectivity index (χ3v) is 5.79. The molecule has 0 spiro atoms. The second-order valence-corrected chi connectivity index (χ2v) is 7.77.